The second kappa shape index (κ2) is 3.20. The highest BCUT2D eigenvalue weighted by molar-refractivity contribution is 5.35. The summed E-state index contributed by atoms with van der Waals surface area (Å²) in [5, 5.41) is 0. The maximum atomic E-state index is 13.7. The number of rotatable bonds is 1. The fourth-order valence-corrected chi connectivity index (χ4v) is 2.16. The van der Waals surface area contributed by atoms with Gasteiger partial charge in [-0.2, -0.15) is 0 Å². The van der Waals surface area contributed by atoms with Crippen LogP contribution in [0, 0.1) is 18.6 Å². The van der Waals surface area contributed by atoms with Crippen LogP contribution in [0.3, 0.4) is 0 Å². The fraction of sp³-hybridized carbons (Fsp3) is 0.455. The second-order valence-electron chi connectivity index (χ2n) is 4.42. The van der Waals surface area contributed by atoms with Crippen LogP contribution in [-0.2, 0) is 5.54 Å². The summed E-state index contributed by atoms with van der Waals surface area (Å²) >= 11 is 0. The van der Waals surface area contributed by atoms with Crippen LogP contribution in [0.5, 0.6) is 0 Å². The molecule has 0 amide bonds. The molecule has 0 unspecified atom stereocenters. The molecule has 2 N–H and O–H groups in total. The molecule has 0 bridgehead atoms. The van der Waals surface area contributed by atoms with Gasteiger partial charge in [0.1, 0.15) is 11.6 Å². The normalized spacial score (nSPS) is 21.6. The molecular weight excluding hydrogens is 222 g/mol. The third-order valence-corrected chi connectivity index (χ3v) is 2.93. The van der Waals surface area contributed by atoms with Crippen LogP contribution in [0.2, 0.25) is 0 Å². The molecular formula is C11H11F4N. The zero-order valence-corrected chi connectivity index (χ0v) is 8.66. The number of hydrogen-bond donors (Lipinski definition) is 1. The van der Waals surface area contributed by atoms with Gasteiger partial charge in [-0.3, -0.25) is 0 Å². The van der Waals surface area contributed by atoms with Gasteiger partial charge >= 0.3 is 0 Å². The van der Waals surface area contributed by atoms with Gasteiger partial charge in [-0.05, 0) is 18.6 Å². The lowest BCUT2D eigenvalue weighted by atomic mass is 9.69. The van der Waals surface area contributed by atoms with Crippen LogP contribution in [0.15, 0.2) is 12.1 Å². The average Bonchev–Trinajstić information content (AvgIpc) is 2.08. The molecule has 1 fully saturated rings. The van der Waals surface area contributed by atoms with E-state index in [-0.39, 0.29) is 5.56 Å². The van der Waals surface area contributed by atoms with Crippen molar-refractivity contribution in [3.05, 3.63) is 34.9 Å². The van der Waals surface area contributed by atoms with Crippen LogP contribution >= 0.6 is 0 Å². The van der Waals surface area contributed by atoms with Crippen molar-refractivity contribution in [1.29, 1.82) is 0 Å². The zero-order valence-electron chi connectivity index (χ0n) is 8.66. The molecule has 0 aromatic heterocycles. The van der Waals surface area contributed by atoms with E-state index in [2.05, 4.69) is 0 Å². The molecule has 88 valence electrons. The van der Waals surface area contributed by atoms with Crippen molar-refractivity contribution in [3.8, 4) is 0 Å². The third-order valence-electron chi connectivity index (χ3n) is 2.93. The van der Waals surface area contributed by atoms with Crippen molar-refractivity contribution < 1.29 is 17.6 Å². The lowest BCUT2D eigenvalue weighted by Gasteiger charge is -2.45. The summed E-state index contributed by atoms with van der Waals surface area (Å²) in [6.07, 6.45) is -1.42. The van der Waals surface area contributed by atoms with Gasteiger partial charge in [0.15, 0.2) is 0 Å². The van der Waals surface area contributed by atoms with Gasteiger partial charge in [0.25, 0.3) is 5.92 Å². The Hall–Kier alpha value is -1.10. The summed E-state index contributed by atoms with van der Waals surface area (Å²) in [6, 6.07) is 2.31. The summed E-state index contributed by atoms with van der Waals surface area (Å²) in [7, 11) is 0. The van der Waals surface area contributed by atoms with E-state index in [9.17, 15) is 17.6 Å². The topological polar surface area (TPSA) is 26.0 Å². The number of halogens is 4. The third kappa shape index (κ3) is 1.59. The lowest BCUT2D eigenvalue weighted by Crippen LogP contribution is -2.56. The standard InChI is InChI=1S/C11H11F4N/c1-6-2-3-7(12)8(9(6)13)10(16)4-11(14,15)5-10/h2-3H,4-5,16H2,1H3. The summed E-state index contributed by atoms with van der Waals surface area (Å²) < 4.78 is 52.6. The minimum absolute atomic E-state index is 0.205. The number of aryl methyl sites for hydroxylation is 1. The molecule has 5 heteroatoms. The van der Waals surface area contributed by atoms with Crippen LogP contribution in [0.25, 0.3) is 0 Å². The molecule has 1 aromatic rings. The Kier molecular flexibility index (Phi) is 2.28. The Labute approximate surface area is 90.3 Å². The van der Waals surface area contributed by atoms with Gasteiger partial charge in [0.05, 0.1) is 5.54 Å². The van der Waals surface area contributed by atoms with Crippen LogP contribution < -0.4 is 5.73 Å². The molecule has 0 aliphatic heterocycles. The first-order valence-electron chi connectivity index (χ1n) is 4.87. The Balaban J connectivity index is 2.46. The number of nitrogens with two attached hydrogens (primary N) is 1. The van der Waals surface area contributed by atoms with Crippen LogP contribution in [-0.4, -0.2) is 5.92 Å². The first kappa shape index (κ1) is 11.4. The van der Waals surface area contributed by atoms with Crippen LogP contribution in [0.4, 0.5) is 17.6 Å². The quantitative estimate of drug-likeness (QED) is 0.741. The highest BCUT2D eigenvalue weighted by Gasteiger charge is 2.57. The maximum absolute atomic E-state index is 13.7. The van der Waals surface area contributed by atoms with Gasteiger partial charge < -0.3 is 5.73 Å². The summed E-state index contributed by atoms with van der Waals surface area (Å²) in [5.74, 6) is -4.60. The Bertz CT molecular complexity index is 434. The molecule has 16 heavy (non-hydrogen) atoms. The summed E-state index contributed by atoms with van der Waals surface area (Å²) in [5.41, 5.74) is 3.82. The molecule has 2 rings (SSSR count). The van der Waals surface area contributed by atoms with E-state index in [1.807, 2.05) is 0 Å². The average molecular weight is 233 g/mol. The Morgan fingerprint density at radius 3 is 2.25 bits per heavy atom. The molecule has 0 saturated heterocycles. The molecule has 0 heterocycles. The molecule has 0 radical (unpaired) electrons. The zero-order chi connectivity index (χ0) is 12.1. The predicted molar refractivity (Wildman–Crippen MR) is 51.1 cm³/mol. The lowest BCUT2D eigenvalue weighted by molar-refractivity contribution is -0.126. The van der Waals surface area contributed by atoms with E-state index in [1.54, 1.807) is 0 Å². The predicted octanol–water partition coefficient (Wildman–Crippen LogP) is 2.86. The van der Waals surface area contributed by atoms with Crippen molar-refractivity contribution in [3.63, 3.8) is 0 Å². The molecule has 1 aliphatic rings. The van der Waals surface area contributed by atoms with Crippen molar-refractivity contribution in [2.24, 2.45) is 5.73 Å². The SMILES string of the molecule is Cc1ccc(F)c(C2(N)CC(F)(F)C2)c1F. The van der Waals surface area contributed by atoms with Gasteiger partial charge in [-0.15, -0.1) is 0 Å². The number of alkyl halides is 2. The van der Waals surface area contributed by atoms with Crippen molar-refractivity contribution in [2.45, 2.75) is 31.2 Å². The van der Waals surface area contributed by atoms with E-state index in [4.69, 9.17) is 5.73 Å². The smallest absolute Gasteiger partial charge is 0.252 e. The molecule has 0 atom stereocenters. The van der Waals surface area contributed by atoms with Crippen molar-refractivity contribution >= 4 is 0 Å². The molecule has 1 aliphatic carbocycles. The number of benzene rings is 1. The van der Waals surface area contributed by atoms with E-state index >= 15 is 0 Å². The second-order valence-corrected chi connectivity index (χ2v) is 4.42. The first-order valence-corrected chi connectivity index (χ1v) is 4.87. The molecule has 1 saturated carbocycles. The Morgan fingerprint density at radius 1 is 1.19 bits per heavy atom. The summed E-state index contributed by atoms with van der Waals surface area (Å²) in [4.78, 5) is 0. The molecule has 1 nitrogen and oxygen atoms in total. The fourth-order valence-electron chi connectivity index (χ4n) is 2.16. The van der Waals surface area contributed by atoms with E-state index < -0.39 is 41.5 Å². The number of hydrogen-bond acceptors (Lipinski definition) is 1. The van der Waals surface area contributed by atoms with Gasteiger partial charge in [0, 0.05) is 18.4 Å². The van der Waals surface area contributed by atoms with E-state index in [0.29, 0.717) is 0 Å². The Morgan fingerprint density at radius 2 is 1.75 bits per heavy atom. The maximum Gasteiger partial charge on any atom is 0.252 e. The summed E-state index contributed by atoms with van der Waals surface area (Å²) in [6.45, 7) is 1.44. The highest BCUT2D eigenvalue weighted by Crippen LogP contribution is 2.51. The first-order chi connectivity index (χ1) is 7.25. The molecule has 0 spiro atoms. The largest absolute Gasteiger partial charge is 0.321 e. The minimum Gasteiger partial charge on any atom is -0.321 e. The van der Waals surface area contributed by atoms with E-state index in [0.717, 1.165) is 6.07 Å². The van der Waals surface area contributed by atoms with Gasteiger partial charge in [-0.25, -0.2) is 17.6 Å². The van der Waals surface area contributed by atoms with Crippen LogP contribution in [0.1, 0.15) is 24.0 Å². The van der Waals surface area contributed by atoms with Gasteiger partial charge in [0.2, 0.25) is 0 Å². The monoisotopic (exact) mass is 233 g/mol. The van der Waals surface area contributed by atoms with Crippen molar-refractivity contribution in [1.82, 2.24) is 0 Å². The highest BCUT2D eigenvalue weighted by atomic mass is 19.3. The van der Waals surface area contributed by atoms with Crippen molar-refractivity contribution in [2.75, 3.05) is 0 Å². The van der Waals surface area contributed by atoms with E-state index in [1.165, 1.54) is 13.0 Å². The van der Waals surface area contributed by atoms with Gasteiger partial charge in [-0.1, -0.05) is 6.07 Å². The molecule has 1 aromatic carbocycles. The minimum atomic E-state index is -2.92.